The molecule has 3 unspecified atom stereocenters. The van der Waals surface area contributed by atoms with Crippen LogP contribution < -0.4 is 10.6 Å². The van der Waals surface area contributed by atoms with Crippen molar-refractivity contribution in [1.82, 2.24) is 15.5 Å². The lowest BCUT2D eigenvalue weighted by molar-refractivity contribution is -0.193. The summed E-state index contributed by atoms with van der Waals surface area (Å²) < 4.78 is 42.4. The van der Waals surface area contributed by atoms with Crippen molar-refractivity contribution in [2.75, 3.05) is 26.2 Å². The lowest BCUT2D eigenvalue weighted by Gasteiger charge is -2.57. The summed E-state index contributed by atoms with van der Waals surface area (Å²) in [6.07, 6.45) is -0.896. The van der Waals surface area contributed by atoms with E-state index in [-0.39, 0.29) is 13.0 Å². The maximum absolute atomic E-state index is 12.5. The molecule has 3 amide bonds. The van der Waals surface area contributed by atoms with Gasteiger partial charge in [-0.2, -0.15) is 0 Å². The molecular formula is C18H26N3O10S2-. The topological polar surface area (TPSA) is 213 Å². The van der Waals surface area contributed by atoms with Gasteiger partial charge in [-0.25, -0.2) is 8.42 Å². The summed E-state index contributed by atoms with van der Waals surface area (Å²) in [6.45, 7) is -0.120. The number of hydrogen-bond acceptors (Lipinski definition) is 10. The quantitative estimate of drug-likeness (QED) is 0.149. The van der Waals surface area contributed by atoms with Crippen molar-refractivity contribution in [1.29, 1.82) is 0 Å². The van der Waals surface area contributed by atoms with Crippen LogP contribution in [0.2, 0.25) is 0 Å². The maximum Gasteiger partial charge on any atom is 0.274 e. The molecular weight excluding hydrogens is 482 g/mol. The molecule has 0 aliphatic carbocycles. The molecule has 3 rings (SSSR count). The Hall–Kier alpha value is -2.43. The number of benzene rings is 1. The first kappa shape index (κ1) is 28.6. The van der Waals surface area contributed by atoms with Gasteiger partial charge < -0.3 is 35.4 Å². The van der Waals surface area contributed by atoms with Crippen LogP contribution in [-0.2, 0) is 41.7 Å². The Labute approximate surface area is 193 Å². The van der Waals surface area contributed by atoms with Crippen LogP contribution in [0.25, 0.3) is 0 Å². The molecule has 15 heteroatoms. The molecule has 0 saturated carbocycles. The summed E-state index contributed by atoms with van der Waals surface area (Å²) in [4.78, 5) is 34.8. The smallest absolute Gasteiger partial charge is 0.274 e. The van der Waals surface area contributed by atoms with Crippen LogP contribution in [0.4, 0.5) is 0 Å². The maximum atomic E-state index is 12.5. The summed E-state index contributed by atoms with van der Waals surface area (Å²) in [5.41, 5.74) is 0.729. The average Bonchev–Trinajstić information content (AvgIpc) is 2.72. The van der Waals surface area contributed by atoms with E-state index in [2.05, 4.69) is 10.6 Å². The largest absolute Gasteiger partial charge is 0.773 e. The van der Waals surface area contributed by atoms with Gasteiger partial charge in [-0.05, 0) is 11.8 Å². The first-order valence-electron chi connectivity index (χ1n) is 9.30. The Morgan fingerprint density at radius 2 is 1.82 bits per heavy atom. The number of piperazine rings is 1. The van der Waals surface area contributed by atoms with E-state index in [1.165, 1.54) is 0 Å². The summed E-state index contributed by atoms with van der Waals surface area (Å²) in [6, 6.07) is 6.83. The van der Waals surface area contributed by atoms with Crippen LogP contribution in [0.15, 0.2) is 30.3 Å². The van der Waals surface area contributed by atoms with Gasteiger partial charge in [0.15, 0.2) is 16.1 Å². The first-order valence-corrected chi connectivity index (χ1v) is 12.7. The highest BCUT2D eigenvalue weighted by molar-refractivity contribution is 7.92. The molecule has 2 aliphatic heterocycles. The van der Waals surface area contributed by atoms with E-state index in [0.717, 1.165) is 18.9 Å². The van der Waals surface area contributed by atoms with E-state index in [1.54, 1.807) is 30.3 Å². The highest BCUT2D eigenvalue weighted by Gasteiger charge is 2.70. The zero-order valence-electron chi connectivity index (χ0n) is 18.0. The van der Waals surface area contributed by atoms with Gasteiger partial charge in [0.2, 0.25) is 11.8 Å². The number of carbonyl (C=O) groups is 3. The normalized spacial score (nSPS) is 24.7. The molecule has 0 aromatic heterocycles. The zero-order valence-corrected chi connectivity index (χ0v) is 19.6. The molecule has 186 valence electrons. The lowest BCUT2D eigenvalue weighted by atomic mass is 9.88. The monoisotopic (exact) mass is 508 g/mol. The summed E-state index contributed by atoms with van der Waals surface area (Å²) in [5.74, 6) is -2.51. The molecule has 5 N–H and O–H groups in total. The van der Waals surface area contributed by atoms with E-state index in [1.807, 2.05) is 0 Å². The highest BCUT2D eigenvalue weighted by Crippen LogP contribution is 2.38. The Kier molecular flexibility index (Phi) is 10.1. The number of amides is 3. The number of rotatable bonds is 5. The third-order valence-corrected chi connectivity index (χ3v) is 6.54. The van der Waals surface area contributed by atoms with Gasteiger partial charge >= 0.3 is 0 Å². The summed E-state index contributed by atoms with van der Waals surface area (Å²) in [7, 11) is -3.42. The zero-order chi connectivity index (χ0) is 25.6. The van der Waals surface area contributed by atoms with Crippen molar-refractivity contribution >= 4 is 38.6 Å². The molecule has 2 fully saturated rings. The number of sulfone groups is 1. The standard InChI is InChI=1S/C16H19N3O7S.CH4O2S.CH4O/c1-27(25,26)16(15(23)24)14(22)17-8-10-12(13(21)19(10)16)18-11(20)7-9-5-3-2-4-6-9;1-4(2)3;1-2/h2-6,10,12,15,23-24H,7-8H2,1H3,(H,17,22)(H,18,20);1H3,(H,2,3);2H,1H3/p-1/t10-,12?,16?;;/m1../s1. The molecule has 0 radical (unpaired) electrons. The molecule has 2 heterocycles. The Morgan fingerprint density at radius 3 is 2.27 bits per heavy atom. The number of aliphatic hydroxyl groups excluding tert-OH is 2. The van der Waals surface area contributed by atoms with Gasteiger partial charge in [-0.15, -0.1) is 0 Å². The second-order valence-corrected chi connectivity index (χ2v) is 9.91. The first-order chi connectivity index (χ1) is 15.3. The van der Waals surface area contributed by atoms with Gasteiger partial charge in [0.05, 0.1) is 12.5 Å². The van der Waals surface area contributed by atoms with Gasteiger partial charge in [0.1, 0.15) is 6.04 Å². The fourth-order valence-electron chi connectivity index (χ4n) is 3.54. The van der Waals surface area contributed by atoms with Crippen LogP contribution in [0, 0.1) is 0 Å². The van der Waals surface area contributed by atoms with E-state index in [4.69, 9.17) is 13.9 Å². The van der Waals surface area contributed by atoms with Crippen molar-refractivity contribution in [3.05, 3.63) is 35.9 Å². The SMILES string of the molecule is CO.CS(=O)(=O)C1(C(O)O)C(=O)NC[C@@H]2C(NC(=O)Cc3ccccc3)C(=O)N21.CS(=O)[O-]. The number of aliphatic hydroxyl groups is 3. The summed E-state index contributed by atoms with van der Waals surface area (Å²) in [5, 5.41) is 31.1. The summed E-state index contributed by atoms with van der Waals surface area (Å²) >= 11 is -1.86. The van der Waals surface area contributed by atoms with Crippen molar-refractivity contribution in [2.24, 2.45) is 0 Å². The molecule has 33 heavy (non-hydrogen) atoms. The second kappa shape index (κ2) is 11.6. The van der Waals surface area contributed by atoms with Gasteiger partial charge in [0, 0.05) is 19.9 Å². The van der Waals surface area contributed by atoms with Crippen LogP contribution in [0.3, 0.4) is 0 Å². The number of β-lactam (4-membered cyclic amide) rings is 1. The molecule has 2 aliphatic rings. The van der Waals surface area contributed by atoms with E-state index < -0.39 is 61.9 Å². The number of nitrogens with zero attached hydrogens (tertiary/aromatic N) is 1. The van der Waals surface area contributed by atoms with Crippen LogP contribution in [0.5, 0.6) is 0 Å². The van der Waals surface area contributed by atoms with E-state index in [0.29, 0.717) is 11.2 Å². The van der Waals surface area contributed by atoms with Gasteiger partial charge in [-0.3, -0.25) is 18.6 Å². The number of fused-ring (bicyclic) bond motifs is 1. The molecule has 0 bridgehead atoms. The molecule has 4 atom stereocenters. The predicted octanol–water partition coefficient (Wildman–Crippen LogP) is -3.79. The van der Waals surface area contributed by atoms with Gasteiger partial charge in [0.25, 0.3) is 10.8 Å². The molecule has 13 nitrogen and oxygen atoms in total. The minimum atomic E-state index is -4.42. The molecule has 1 aromatic rings. The third kappa shape index (κ3) is 5.93. The minimum absolute atomic E-state index is 0.0174. The van der Waals surface area contributed by atoms with Crippen molar-refractivity contribution in [3.8, 4) is 0 Å². The second-order valence-electron chi connectivity index (χ2n) is 6.94. The third-order valence-electron chi connectivity index (χ3n) is 4.81. The Morgan fingerprint density at radius 1 is 1.30 bits per heavy atom. The van der Waals surface area contributed by atoms with Crippen molar-refractivity contribution < 1.29 is 46.9 Å². The molecule has 1 aromatic carbocycles. The molecule has 0 spiro atoms. The Bertz CT molecular complexity index is 982. The number of hydrogen-bond donors (Lipinski definition) is 5. The molecule has 2 saturated heterocycles. The average molecular weight is 509 g/mol. The van der Waals surface area contributed by atoms with Crippen LogP contribution in [-0.4, -0.2) is 105 Å². The van der Waals surface area contributed by atoms with E-state index >= 15 is 0 Å². The lowest BCUT2D eigenvalue weighted by Crippen LogP contribution is -2.87. The van der Waals surface area contributed by atoms with Crippen LogP contribution >= 0.6 is 0 Å². The van der Waals surface area contributed by atoms with E-state index in [9.17, 15) is 33.0 Å². The predicted molar refractivity (Wildman–Crippen MR) is 115 cm³/mol. The van der Waals surface area contributed by atoms with Crippen molar-refractivity contribution in [2.45, 2.75) is 29.7 Å². The van der Waals surface area contributed by atoms with Gasteiger partial charge in [-0.1, -0.05) is 41.4 Å². The minimum Gasteiger partial charge on any atom is -0.773 e. The fraction of sp³-hybridized carbons (Fsp3) is 0.500. The number of carbonyl (C=O) groups excluding carboxylic acids is 3. The van der Waals surface area contributed by atoms with Crippen LogP contribution in [0.1, 0.15) is 5.56 Å². The number of nitrogens with one attached hydrogen (secondary N) is 2. The Balaban J connectivity index is 0.000000820. The fourth-order valence-corrected chi connectivity index (χ4v) is 4.92. The van der Waals surface area contributed by atoms with Crippen molar-refractivity contribution in [3.63, 3.8) is 0 Å². The highest BCUT2D eigenvalue weighted by atomic mass is 32.2.